The SMILES string of the molecule is O=C(O)CCC(=O)Nc1nn(Cc2ccccc2Cl)cc1Cl. The van der Waals surface area contributed by atoms with Crippen LogP contribution in [0.25, 0.3) is 0 Å². The van der Waals surface area contributed by atoms with Gasteiger partial charge in [-0.1, -0.05) is 41.4 Å². The van der Waals surface area contributed by atoms with Gasteiger partial charge in [-0.3, -0.25) is 14.3 Å². The molecule has 116 valence electrons. The van der Waals surface area contributed by atoms with Gasteiger partial charge in [0.25, 0.3) is 0 Å². The number of hydrogen-bond acceptors (Lipinski definition) is 3. The highest BCUT2D eigenvalue weighted by Crippen LogP contribution is 2.22. The van der Waals surface area contributed by atoms with Gasteiger partial charge >= 0.3 is 5.97 Å². The molecule has 0 unspecified atom stereocenters. The summed E-state index contributed by atoms with van der Waals surface area (Å²) in [5, 5.41) is 16.1. The van der Waals surface area contributed by atoms with Crippen LogP contribution in [0.5, 0.6) is 0 Å². The third kappa shape index (κ3) is 4.47. The van der Waals surface area contributed by atoms with E-state index in [2.05, 4.69) is 10.4 Å². The van der Waals surface area contributed by atoms with E-state index >= 15 is 0 Å². The van der Waals surface area contributed by atoms with Gasteiger partial charge in [0.15, 0.2) is 5.82 Å². The summed E-state index contributed by atoms with van der Waals surface area (Å²) < 4.78 is 1.55. The molecule has 6 nitrogen and oxygen atoms in total. The lowest BCUT2D eigenvalue weighted by Crippen LogP contribution is -2.14. The fourth-order valence-electron chi connectivity index (χ4n) is 1.78. The normalized spacial score (nSPS) is 10.5. The number of aliphatic carboxylic acids is 1. The molecule has 0 aliphatic carbocycles. The van der Waals surface area contributed by atoms with Crippen molar-refractivity contribution < 1.29 is 14.7 Å². The molecule has 0 radical (unpaired) electrons. The Labute approximate surface area is 136 Å². The number of benzene rings is 1. The molecule has 0 saturated heterocycles. The molecule has 1 aromatic carbocycles. The molecule has 0 fully saturated rings. The molecule has 8 heteroatoms. The minimum atomic E-state index is -1.04. The summed E-state index contributed by atoms with van der Waals surface area (Å²) in [6.07, 6.45) is 1.19. The van der Waals surface area contributed by atoms with Crippen molar-refractivity contribution in [3.05, 3.63) is 46.1 Å². The van der Waals surface area contributed by atoms with E-state index in [9.17, 15) is 9.59 Å². The van der Waals surface area contributed by atoms with E-state index in [1.807, 2.05) is 18.2 Å². The minimum Gasteiger partial charge on any atom is -0.481 e. The number of carbonyl (C=O) groups excluding carboxylic acids is 1. The predicted molar refractivity (Wildman–Crippen MR) is 83.3 cm³/mol. The Kier molecular flexibility index (Phi) is 5.41. The first-order valence-electron chi connectivity index (χ1n) is 6.43. The number of aromatic nitrogens is 2. The second-order valence-electron chi connectivity index (χ2n) is 4.56. The molecule has 1 aromatic heterocycles. The van der Waals surface area contributed by atoms with Gasteiger partial charge < -0.3 is 10.4 Å². The summed E-state index contributed by atoms with van der Waals surface area (Å²) in [5.74, 6) is -1.29. The van der Waals surface area contributed by atoms with Crippen molar-refractivity contribution in [2.75, 3.05) is 5.32 Å². The highest BCUT2D eigenvalue weighted by atomic mass is 35.5. The van der Waals surface area contributed by atoms with E-state index in [-0.39, 0.29) is 23.7 Å². The van der Waals surface area contributed by atoms with Crippen LogP contribution in [-0.2, 0) is 16.1 Å². The Balaban J connectivity index is 2.03. The number of halogens is 2. The molecule has 0 bridgehead atoms. The van der Waals surface area contributed by atoms with Gasteiger partial charge in [-0.05, 0) is 11.6 Å². The first kappa shape index (κ1) is 16.3. The molecule has 0 spiro atoms. The Hall–Kier alpha value is -2.05. The third-order valence-corrected chi connectivity index (χ3v) is 3.48. The maximum absolute atomic E-state index is 11.6. The van der Waals surface area contributed by atoms with Gasteiger partial charge in [0.1, 0.15) is 5.02 Å². The fourth-order valence-corrected chi connectivity index (χ4v) is 2.17. The van der Waals surface area contributed by atoms with Crippen LogP contribution >= 0.6 is 23.2 Å². The van der Waals surface area contributed by atoms with Crippen molar-refractivity contribution in [1.29, 1.82) is 0 Å². The Morgan fingerprint density at radius 3 is 2.59 bits per heavy atom. The molecule has 1 heterocycles. The number of carboxylic acids is 1. The molecular formula is C14H13Cl2N3O3. The van der Waals surface area contributed by atoms with Crippen LogP contribution in [0.2, 0.25) is 10.0 Å². The first-order chi connectivity index (χ1) is 10.5. The number of nitrogens with one attached hydrogen (secondary N) is 1. The van der Waals surface area contributed by atoms with Gasteiger partial charge in [-0.25, -0.2) is 0 Å². The molecular weight excluding hydrogens is 329 g/mol. The summed E-state index contributed by atoms with van der Waals surface area (Å²) in [6, 6.07) is 7.33. The minimum absolute atomic E-state index is 0.136. The maximum atomic E-state index is 11.6. The number of rotatable bonds is 6. The maximum Gasteiger partial charge on any atom is 0.303 e. The lowest BCUT2D eigenvalue weighted by molar-refractivity contribution is -0.138. The number of anilines is 1. The number of carbonyl (C=O) groups is 2. The first-order valence-corrected chi connectivity index (χ1v) is 7.19. The average Bonchev–Trinajstić information content (AvgIpc) is 2.79. The zero-order chi connectivity index (χ0) is 16.1. The fraction of sp³-hybridized carbons (Fsp3) is 0.214. The topological polar surface area (TPSA) is 84.2 Å². The molecule has 2 N–H and O–H groups in total. The van der Waals surface area contributed by atoms with Gasteiger partial charge in [0, 0.05) is 17.6 Å². The zero-order valence-electron chi connectivity index (χ0n) is 11.4. The van der Waals surface area contributed by atoms with Crippen molar-refractivity contribution in [1.82, 2.24) is 9.78 Å². The van der Waals surface area contributed by atoms with Gasteiger partial charge in [0.05, 0.1) is 13.0 Å². The lowest BCUT2D eigenvalue weighted by Gasteiger charge is -2.04. The van der Waals surface area contributed by atoms with Crippen LogP contribution in [0.3, 0.4) is 0 Å². The summed E-state index contributed by atoms with van der Waals surface area (Å²) in [7, 11) is 0. The highest BCUT2D eigenvalue weighted by Gasteiger charge is 2.12. The van der Waals surface area contributed by atoms with Crippen molar-refractivity contribution in [3.8, 4) is 0 Å². The monoisotopic (exact) mass is 341 g/mol. The van der Waals surface area contributed by atoms with Crippen LogP contribution in [0.4, 0.5) is 5.82 Å². The number of carboxylic acid groups (broad SMARTS) is 1. The molecule has 0 aliphatic rings. The summed E-state index contributed by atoms with van der Waals surface area (Å²) in [6.45, 7) is 0.407. The molecule has 0 atom stereocenters. The average molecular weight is 342 g/mol. The van der Waals surface area contributed by atoms with Crippen LogP contribution in [-0.4, -0.2) is 26.8 Å². The smallest absolute Gasteiger partial charge is 0.303 e. The van der Waals surface area contributed by atoms with Gasteiger partial charge in [0.2, 0.25) is 5.91 Å². The van der Waals surface area contributed by atoms with E-state index in [1.54, 1.807) is 16.9 Å². The van der Waals surface area contributed by atoms with E-state index in [1.165, 1.54) is 0 Å². The number of nitrogens with zero attached hydrogens (tertiary/aromatic N) is 2. The van der Waals surface area contributed by atoms with Crippen molar-refractivity contribution in [2.45, 2.75) is 19.4 Å². The molecule has 0 saturated carbocycles. The zero-order valence-corrected chi connectivity index (χ0v) is 12.9. The number of hydrogen-bond donors (Lipinski definition) is 2. The van der Waals surface area contributed by atoms with Crippen molar-refractivity contribution >= 4 is 40.9 Å². The van der Waals surface area contributed by atoms with Crippen molar-refractivity contribution in [3.63, 3.8) is 0 Å². The third-order valence-electron chi connectivity index (χ3n) is 2.83. The molecule has 0 aliphatic heterocycles. The molecule has 2 aromatic rings. The quantitative estimate of drug-likeness (QED) is 0.845. The van der Waals surface area contributed by atoms with E-state index in [0.717, 1.165) is 5.56 Å². The molecule has 22 heavy (non-hydrogen) atoms. The van der Waals surface area contributed by atoms with Gasteiger partial charge in [-0.15, -0.1) is 0 Å². The predicted octanol–water partition coefficient (Wildman–Crippen LogP) is 3.04. The number of amides is 1. The standard InChI is InChI=1S/C14H13Cl2N3O3/c15-10-4-2-1-3-9(10)7-19-8-11(16)14(18-19)17-12(20)5-6-13(21)22/h1-4,8H,5-7H2,(H,21,22)(H,17,18,20). The van der Waals surface area contributed by atoms with Crippen LogP contribution in [0.1, 0.15) is 18.4 Å². The second kappa shape index (κ2) is 7.29. The summed E-state index contributed by atoms with van der Waals surface area (Å²) in [4.78, 5) is 22.0. The molecule has 2 rings (SSSR count). The Morgan fingerprint density at radius 1 is 1.18 bits per heavy atom. The highest BCUT2D eigenvalue weighted by molar-refractivity contribution is 6.33. The van der Waals surface area contributed by atoms with Gasteiger partial charge in [-0.2, -0.15) is 5.10 Å². The molecule has 1 amide bonds. The van der Waals surface area contributed by atoms with Crippen LogP contribution < -0.4 is 5.32 Å². The second-order valence-corrected chi connectivity index (χ2v) is 5.37. The van der Waals surface area contributed by atoms with Crippen molar-refractivity contribution in [2.24, 2.45) is 0 Å². The van der Waals surface area contributed by atoms with Crippen LogP contribution in [0, 0.1) is 0 Å². The van der Waals surface area contributed by atoms with E-state index < -0.39 is 11.9 Å². The Bertz CT molecular complexity index is 700. The lowest BCUT2D eigenvalue weighted by atomic mass is 10.2. The van der Waals surface area contributed by atoms with Crippen LogP contribution in [0.15, 0.2) is 30.5 Å². The summed E-state index contributed by atoms with van der Waals surface area (Å²) >= 11 is 12.1. The van der Waals surface area contributed by atoms with E-state index in [4.69, 9.17) is 28.3 Å². The Morgan fingerprint density at radius 2 is 1.91 bits per heavy atom. The largest absolute Gasteiger partial charge is 0.481 e. The summed E-state index contributed by atoms with van der Waals surface area (Å²) in [5.41, 5.74) is 0.868. The van der Waals surface area contributed by atoms with E-state index in [0.29, 0.717) is 11.6 Å².